The molecule has 0 spiro atoms. The van der Waals surface area contributed by atoms with Crippen LogP contribution in [0.4, 0.5) is 15.3 Å². The number of carbonyl (C=O) groups excluding carboxylic acids is 2. The average Bonchev–Trinajstić information content (AvgIpc) is 2.79. The zero-order valence-electron chi connectivity index (χ0n) is 13.3. The van der Waals surface area contributed by atoms with E-state index >= 15 is 0 Å². The lowest BCUT2D eigenvalue weighted by molar-refractivity contribution is 0.137. The third-order valence-corrected chi connectivity index (χ3v) is 3.18. The Labute approximate surface area is 130 Å². The minimum absolute atomic E-state index is 0.206. The second kappa shape index (κ2) is 6.68. The largest absolute Gasteiger partial charge is 0.444 e. The van der Waals surface area contributed by atoms with E-state index in [1.807, 2.05) is 51.1 Å². The average molecular weight is 305 g/mol. The monoisotopic (exact) mass is 305 g/mol. The van der Waals surface area contributed by atoms with Gasteiger partial charge in [0.15, 0.2) is 0 Å². The molecule has 1 aliphatic heterocycles. The molecule has 1 aromatic carbocycles. The number of hydrogen-bond acceptors (Lipinski definition) is 3. The minimum Gasteiger partial charge on any atom is -0.444 e. The van der Waals surface area contributed by atoms with Crippen LogP contribution in [0, 0.1) is 0 Å². The molecule has 6 nitrogen and oxygen atoms in total. The Morgan fingerprint density at radius 3 is 2.64 bits per heavy atom. The van der Waals surface area contributed by atoms with E-state index < -0.39 is 0 Å². The van der Waals surface area contributed by atoms with E-state index in [4.69, 9.17) is 4.74 Å². The van der Waals surface area contributed by atoms with E-state index in [1.165, 1.54) is 0 Å². The number of hydrogen-bond donors (Lipinski definition) is 2. The van der Waals surface area contributed by atoms with Gasteiger partial charge in [-0.1, -0.05) is 18.2 Å². The summed E-state index contributed by atoms with van der Waals surface area (Å²) in [6.45, 7) is 6.73. The standard InChI is InChI=1S/C16H23N3O3/c1-16(2,3)18-14(20)17-10-9-13-11-19(15(21)22-13)12-7-5-4-6-8-12/h4-8,13H,9-11H2,1-3H3,(H2,17,18,20). The van der Waals surface area contributed by atoms with Gasteiger partial charge in [-0.05, 0) is 32.9 Å². The van der Waals surface area contributed by atoms with Gasteiger partial charge in [-0.3, -0.25) is 4.90 Å². The molecule has 1 heterocycles. The van der Waals surface area contributed by atoms with E-state index in [9.17, 15) is 9.59 Å². The summed E-state index contributed by atoms with van der Waals surface area (Å²) in [7, 11) is 0. The fourth-order valence-electron chi connectivity index (χ4n) is 2.22. The molecule has 1 aromatic rings. The van der Waals surface area contributed by atoms with Crippen molar-refractivity contribution in [3.8, 4) is 0 Å². The topological polar surface area (TPSA) is 70.7 Å². The van der Waals surface area contributed by atoms with Crippen molar-refractivity contribution in [2.24, 2.45) is 0 Å². The molecule has 1 aliphatic rings. The Kier molecular flexibility index (Phi) is 4.90. The van der Waals surface area contributed by atoms with Crippen molar-refractivity contribution >= 4 is 17.8 Å². The van der Waals surface area contributed by atoms with E-state index in [0.29, 0.717) is 19.5 Å². The van der Waals surface area contributed by atoms with Crippen LogP contribution in [0.2, 0.25) is 0 Å². The van der Waals surface area contributed by atoms with Gasteiger partial charge in [0, 0.05) is 24.2 Å². The summed E-state index contributed by atoms with van der Waals surface area (Å²) < 4.78 is 5.33. The van der Waals surface area contributed by atoms with Crippen LogP contribution in [0.1, 0.15) is 27.2 Å². The minimum atomic E-state index is -0.338. The fraction of sp³-hybridized carbons (Fsp3) is 0.500. The van der Waals surface area contributed by atoms with Crippen molar-refractivity contribution in [1.29, 1.82) is 0 Å². The lowest BCUT2D eigenvalue weighted by atomic mass is 10.1. The molecule has 2 N–H and O–H groups in total. The molecular formula is C16H23N3O3. The fourth-order valence-corrected chi connectivity index (χ4v) is 2.22. The maximum absolute atomic E-state index is 11.9. The molecule has 1 atom stereocenters. The molecule has 0 radical (unpaired) electrons. The number of urea groups is 1. The van der Waals surface area contributed by atoms with Gasteiger partial charge >= 0.3 is 12.1 Å². The van der Waals surface area contributed by atoms with Gasteiger partial charge < -0.3 is 15.4 Å². The third-order valence-electron chi connectivity index (χ3n) is 3.18. The van der Waals surface area contributed by atoms with Gasteiger partial charge in [0.2, 0.25) is 0 Å². The predicted molar refractivity (Wildman–Crippen MR) is 85.0 cm³/mol. The van der Waals surface area contributed by atoms with Crippen molar-refractivity contribution in [2.45, 2.75) is 38.8 Å². The van der Waals surface area contributed by atoms with E-state index in [1.54, 1.807) is 4.90 Å². The predicted octanol–water partition coefficient (Wildman–Crippen LogP) is 2.50. The van der Waals surface area contributed by atoms with Gasteiger partial charge in [0.05, 0.1) is 6.54 Å². The zero-order valence-corrected chi connectivity index (χ0v) is 13.3. The molecule has 0 bridgehead atoms. The number of para-hydroxylation sites is 1. The second-order valence-corrected chi connectivity index (χ2v) is 6.37. The van der Waals surface area contributed by atoms with E-state index in [0.717, 1.165) is 5.69 Å². The molecule has 1 unspecified atom stereocenters. The van der Waals surface area contributed by atoms with Crippen molar-refractivity contribution in [3.63, 3.8) is 0 Å². The number of anilines is 1. The molecule has 0 aliphatic carbocycles. The van der Waals surface area contributed by atoms with Crippen LogP contribution in [0.15, 0.2) is 30.3 Å². The first-order valence-electron chi connectivity index (χ1n) is 7.44. The van der Waals surface area contributed by atoms with Gasteiger partial charge in [-0.25, -0.2) is 9.59 Å². The summed E-state index contributed by atoms with van der Waals surface area (Å²) in [5.41, 5.74) is 0.557. The highest BCUT2D eigenvalue weighted by molar-refractivity contribution is 5.89. The molecule has 0 aromatic heterocycles. The Morgan fingerprint density at radius 2 is 2.00 bits per heavy atom. The Morgan fingerprint density at radius 1 is 1.32 bits per heavy atom. The first-order chi connectivity index (χ1) is 10.3. The zero-order chi connectivity index (χ0) is 16.2. The Balaban J connectivity index is 1.77. The first kappa shape index (κ1) is 16.1. The molecule has 2 rings (SSSR count). The number of carbonyl (C=O) groups is 2. The number of benzene rings is 1. The molecule has 0 saturated carbocycles. The molecule has 22 heavy (non-hydrogen) atoms. The normalized spacial score (nSPS) is 18.0. The number of nitrogens with zero attached hydrogens (tertiary/aromatic N) is 1. The van der Waals surface area contributed by atoms with Crippen molar-refractivity contribution < 1.29 is 14.3 Å². The molecular weight excluding hydrogens is 282 g/mol. The van der Waals surface area contributed by atoms with Crippen LogP contribution < -0.4 is 15.5 Å². The van der Waals surface area contributed by atoms with E-state index in [-0.39, 0.29) is 23.8 Å². The highest BCUT2D eigenvalue weighted by atomic mass is 16.6. The van der Waals surface area contributed by atoms with Crippen molar-refractivity contribution in [1.82, 2.24) is 10.6 Å². The van der Waals surface area contributed by atoms with Crippen molar-refractivity contribution in [3.05, 3.63) is 30.3 Å². The number of amides is 3. The first-order valence-corrected chi connectivity index (χ1v) is 7.44. The maximum atomic E-state index is 11.9. The van der Waals surface area contributed by atoms with Crippen LogP contribution in [0.5, 0.6) is 0 Å². The lowest BCUT2D eigenvalue weighted by Gasteiger charge is -2.21. The molecule has 3 amide bonds. The number of ether oxygens (including phenoxy) is 1. The third kappa shape index (κ3) is 4.65. The smallest absolute Gasteiger partial charge is 0.414 e. The van der Waals surface area contributed by atoms with Gasteiger partial charge in [0.1, 0.15) is 6.10 Å². The molecule has 120 valence electrons. The number of nitrogens with one attached hydrogen (secondary N) is 2. The van der Waals surface area contributed by atoms with Crippen molar-refractivity contribution in [2.75, 3.05) is 18.0 Å². The lowest BCUT2D eigenvalue weighted by Crippen LogP contribution is -2.47. The van der Waals surface area contributed by atoms with Crippen LogP contribution in [-0.4, -0.2) is 36.9 Å². The summed E-state index contributed by atoms with van der Waals surface area (Å²) in [5.74, 6) is 0. The van der Waals surface area contributed by atoms with Crippen LogP contribution in [0.3, 0.4) is 0 Å². The molecule has 1 fully saturated rings. The Bertz CT molecular complexity index is 525. The van der Waals surface area contributed by atoms with Gasteiger partial charge in [0.25, 0.3) is 0 Å². The highest BCUT2D eigenvalue weighted by Crippen LogP contribution is 2.22. The summed E-state index contributed by atoms with van der Waals surface area (Å²) in [6.07, 6.45) is 0.0464. The number of rotatable bonds is 4. The summed E-state index contributed by atoms with van der Waals surface area (Å²) in [4.78, 5) is 25.1. The maximum Gasteiger partial charge on any atom is 0.414 e. The van der Waals surface area contributed by atoms with Crippen LogP contribution in [-0.2, 0) is 4.74 Å². The highest BCUT2D eigenvalue weighted by Gasteiger charge is 2.31. The Hall–Kier alpha value is -2.24. The van der Waals surface area contributed by atoms with Crippen LogP contribution in [0.25, 0.3) is 0 Å². The molecule has 1 saturated heterocycles. The molecule has 6 heteroatoms. The number of cyclic esters (lactones) is 1. The van der Waals surface area contributed by atoms with Crippen LogP contribution >= 0.6 is 0 Å². The van der Waals surface area contributed by atoms with E-state index in [2.05, 4.69) is 10.6 Å². The summed E-state index contributed by atoms with van der Waals surface area (Å²) in [5, 5.41) is 5.60. The summed E-state index contributed by atoms with van der Waals surface area (Å²) >= 11 is 0. The SMILES string of the molecule is CC(C)(C)NC(=O)NCCC1CN(c2ccccc2)C(=O)O1. The second-order valence-electron chi connectivity index (χ2n) is 6.37. The van der Waals surface area contributed by atoms with Gasteiger partial charge in [-0.2, -0.15) is 0 Å². The summed E-state index contributed by atoms with van der Waals surface area (Å²) in [6, 6.07) is 9.21. The quantitative estimate of drug-likeness (QED) is 0.898. The van der Waals surface area contributed by atoms with Gasteiger partial charge in [-0.15, -0.1) is 0 Å².